The van der Waals surface area contributed by atoms with Crippen LogP contribution in [0.1, 0.15) is 32.3 Å². The Hall–Kier alpha value is -3.32. The van der Waals surface area contributed by atoms with E-state index in [1.54, 1.807) is 13.8 Å². The summed E-state index contributed by atoms with van der Waals surface area (Å²) >= 11 is 1.46. The van der Waals surface area contributed by atoms with E-state index in [2.05, 4.69) is 16.0 Å². The molecule has 1 aromatic rings. The number of nitrogens with one attached hydrogen (secondary N) is 3. The summed E-state index contributed by atoms with van der Waals surface area (Å²) in [6.07, 6.45) is 1.40. The van der Waals surface area contributed by atoms with E-state index < -0.39 is 60.2 Å². The lowest BCUT2D eigenvalue weighted by atomic mass is 10.0. The van der Waals surface area contributed by atoms with E-state index in [4.69, 9.17) is 11.5 Å². The molecule has 36 heavy (non-hydrogen) atoms. The van der Waals surface area contributed by atoms with Crippen LogP contribution in [0.4, 0.5) is 0 Å². The van der Waals surface area contributed by atoms with E-state index >= 15 is 0 Å². The van der Waals surface area contributed by atoms with Crippen molar-refractivity contribution in [2.75, 3.05) is 12.0 Å². The van der Waals surface area contributed by atoms with Crippen LogP contribution in [0.5, 0.6) is 5.75 Å². The second-order valence-electron chi connectivity index (χ2n) is 8.61. The number of primary amides is 1. The Kier molecular flexibility index (Phi) is 12.7. The second kappa shape index (κ2) is 14.9. The number of benzene rings is 1. The highest BCUT2D eigenvalue weighted by Gasteiger charge is 2.31. The summed E-state index contributed by atoms with van der Waals surface area (Å²) in [6.45, 7) is 3.54. The molecule has 0 aliphatic carbocycles. The van der Waals surface area contributed by atoms with E-state index in [-0.39, 0.29) is 24.5 Å². The van der Waals surface area contributed by atoms with Gasteiger partial charge in [-0.15, -0.1) is 0 Å². The van der Waals surface area contributed by atoms with Gasteiger partial charge < -0.3 is 37.6 Å². The van der Waals surface area contributed by atoms with Crippen molar-refractivity contribution >= 4 is 41.4 Å². The van der Waals surface area contributed by atoms with E-state index in [0.29, 0.717) is 11.3 Å². The van der Waals surface area contributed by atoms with E-state index in [1.807, 2.05) is 6.26 Å². The Balaban J connectivity index is 3.16. The number of amides is 4. The zero-order chi connectivity index (χ0) is 27.4. The van der Waals surface area contributed by atoms with Crippen LogP contribution in [-0.2, 0) is 30.4 Å². The summed E-state index contributed by atoms with van der Waals surface area (Å²) in [4.78, 5) is 61.3. The number of carbonyl (C=O) groups is 5. The number of rotatable bonds is 15. The van der Waals surface area contributed by atoms with Crippen molar-refractivity contribution in [2.24, 2.45) is 17.4 Å². The molecule has 0 bridgehead atoms. The Bertz CT molecular complexity index is 926. The molecule has 0 saturated carbocycles. The van der Waals surface area contributed by atoms with E-state index in [9.17, 15) is 34.2 Å². The van der Waals surface area contributed by atoms with Gasteiger partial charge in [-0.1, -0.05) is 26.0 Å². The molecule has 0 radical (unpaired) electrons. The summed E-state index contributed by atoms with van der Waals surface area (Å²) in [6, 6.07) is 1.18. The summed E-state index contributed by atoms with van der Waals surface area (Å²) in [5, 5.41) is 26.3. The lowest BCUT2D eigenvalue weighted by Gasteiger charge is -2.25. The molecule has 0 aromatic heterocycles. The molecule has 1 aromatic carbocycles. The van der Waals surface area contributed by atoms with Gasteiger partial charge >= 0.3 is 5.97 Å². The van der Waals surface area contributed by atoms with Gasteiger partial charge in [0.25, 0.3) is 0 Å². The van der Waals surface area contributed by atoms with Gasteiger partial charge in [-0.05, 0) is 42.0 Å². The molecule has 0 aliphatic heterocycles. The molecule has 0 heterocycles. The minimum atomic E-state index is -1.59. The topological polar surface area (TPSA) is 214 Å². The molecule has 9 N–H and O–H groups in total. The van der Waals surface area contributed by atoms with Crippen LogP contribution in [0.2, 0.25) is 0 Å². The number of hydrogen-bond acceptors (Lipinski definition) is 8. The van der Waals surface area contributed by atoms with Gasteiger partial charge in [0.05, 0.1) is 12.5 Å². The zero-order valence-electron chi connectivity index (χ0n) is 20.5. The molecule has 1 rings (SSSR count). The third-order valence-corrected chi connectivity index (χ3v) is 5.94. The molecule has 4 amide bonds. The molecule has 4 unspecified atom stereocenters. The molecule has 12 nitrogen and oxygen atoms in total. The number of aliphatic carboxylic acids is 1. The minimum Gasteiger partial charge on any atom is -0.508 e. The maximum atomic E-state index is 13.1. The van der Waals surface area contributed by atoms with Crippen molar-refractivity contribution in [3.05, 3.63) is 29.8 Å². The Morgan fingerprint density at radius 1 is 0.917 bits per heavy atom. The highest BCUT2D eigenvalue weighted by Crippen LogP contribution is 2.12. The normalized spacial score (nSPS) is 14.2. The number of phenols is 1. The van der Waals surface area contributed by atoms with Gasteiger partial charge in [0, 0.05) is 6.42 Å². The van der Waals surface area contributed by atoms with Crippen molar-refractivity contribution in [3.8, 4) is 5.75 Å². The maximum absolute atomic E-state index is 13.1. The fourth-order valence-electron chi connectivity index (χ4n) is 3.10. The molecular formula is C23H35N5O7S. The molecule has 0 spiro atoms. The average molecular weight is 526 g/mol. The smallest absolute Gasteiger partial charge is 0.326 e. The highest BCUT2D eigenvalue weighted by atomic mass is 32.2. The first-order valence-corrected chi connectivity index (χ1v) is 12.7. The Morgan fingerprint density at radius 3 is 1.94 bits per heavy atom. The predicted molar refractivity (Wildman–Crippen MR) is 135 cm³/mol. The van der Waals surface area contributed by atoms with Crippen LogP contribution >= 0.6 is 11.8 Å². The highest BCUT2D eigenvalue weighted by molar-refractivity contribution is 7.98. The van der Waals surface area contributed by atoms with E-state index in [1.165, 1.54) is 36.0 Å². The molecule has 0 fully saturated rings. The maximum Gasteiger partial charge on any atom is 0.326 e. The number of carboxylic acid groups (broad SMARTS) is 1. The summed E-state index contributed by atoms with van der Waals surface area (Å²) < 4.78 is 0. The monoisotopic (exact) mass is 525 g/mol. The molecule has 13 heteroatoms. The Labute approximate surface area is 213 Å². The average Bonchev–Trinajstić information content (AvgIpc) is 2.80. The molecule has 200 valence electrons. The fourth-order valence-corrected chi connectivity index (χ4v) is 3.57. The number of carbonyl (C=O) groups excluding carboxylic acids is 4. The number of hydrogen-bond donors (Lipinski definition) is 7. The van der Waals surface area contributed by atoms with Gasteiger partial charge in [0.2, 0.25) is 23.6 Å². The molecule has 0 saturated heterocycles. The standard InChI is InChI=1S/C23H35N5O7S/c1-12(2)19(25)22(33)26-15(8-9-36-3)20(31)27-16(10-13-4-6-14(29)7-5-13)21(32)28-17(23(34)35)11-18(24)30/h4-7,12,15-17,19,29H,8-11,25H2,1-3H3,(H2,24,30)(H,26,33)(H,27,31)(H,28,32)(H,34,35). The van der Waals surface area contributed by atoms with Crippen LogP contribution in [0.25, 0.3) is 0 Å². The lowest BCUT2D eigenvalue weighted by molar-refractivity contribution is -0.143. The largest absolute Gasteiger partial charge is 0.508 e. The molecule has 4 atom stereocenters. The molecule has 0 aliphatic rings. The van der Waals surface area contributed by atoms with Gasteiger partial charge in [-0.25, -0.2) is 4.79 Å². The van der Waals surface area contributed by atoms with Crippen molar-refractivity contribution in [3.63, 3.8) is 0 Å². The first-order valence-electron chi connectivity index (χ1n) is 11.3. The quantitative estimate of drug-likeness (QED) is 0.151. The van der Waals surface area contributed by atoms with Gasteiger partial charge in [0.1, 0.15) is 23.9 Å². The number of phenolic OH excluding ortho intramolecular Hbond substituents is 1. The third-order valence-electron chi connectivity index (χ3n) is 5.29. The van der Waals surface area contributed by atoms with Crippen LogP contribution < -0.4 is 27.4 Å². The number of carboxylic acids is 1. The summed E-state index contributed by atoms with van der Waals surface area (Å²) in [5.41, 5.74) is 11.5. The SMILES string of the molecule is CSCCC(NC(=O)C(N)C(C)C)C(=O)NC(Cc1ccc(O)cc1)C(=O)NC(CC(N)=O)C(=O)O. The van der Waals surface area contributed by atoms with Crippen molar-refractivity contribution in [1.82, 2.24) is 16.0 Å². The first-order chi connectivity index (χ1) is 16.8. The number of thioether (sulfide) groups is 1. The minimum absolute atomic E-state index is 0.00230. The van der Waals surface area contributed by atoms with Crippen LogP contribution in [0.15, 0.2) is 24.3 Å². The van der Waals surface area contributed by atoms with Crippen molar-refractivity contribution in [1.29, 1.82) is 0 Å². The predicted octanol–water partition coefficient (Wildman–Crippen LogP) is -0.914. The van der Waals surface area contributed by atoms with Crippen LogP contribution in [0.3, 0.4) is 0 Å². The fraction of sp³-hybridized carbons (Fsp3) is 0.522. The third kappa shape index (κ3) is 10.5. The zero-order valence-corrected chi connectivity index (χ0v) is 21.3. The van der Waals surface area contributed by atoms with E-state index in [0.717, 1.165) is 0 Å². The Morgan fingerprint density at radius 2 is 1.44 bits per heavy atom. The number of nitrogens with two attached hydrogens (primary N) is 2. The van der Waals surface area contributed by atoms with Crippen LogP contribution in [0, 0.1) is 5.92 Å². The number of aromatic hydroxyl groups is 1. The van der Waals surface area contributed by atoms with Gasteiger partial charge in [0.15, 0.2) is 0 Å². The van der Waals surface area contributed by atoms with Crippen molar-refractivity contribution in [2.45, 2.75) is 57.3 Å². The second-order valence-corrected chi connectivity index (χ2v) is 9.60. The summed E-state index contributed by atoms with van der Waals surface area (Å²) in [5.74, 6) is -4.07. The van der Waals surface area contributed by atoms with Crippen LogP contribution in [-0.4, -0.2) is 76.0 Å². The van der Waals surface area contributed by atoms with Gasteiger partial charge in [-0.3, -0.25) is 19.2 Å². The van der Waals surface area contributed by atoms with Gasteiger partial charge in [-0.2, -0.15) is 11.8 Å². The molecular weight excluding hydrogens is 490 g/mol. The first kappa shape index (κ1) is 30.7. The lowest BCUT2D eigenvalue weighted by Crippen LogP contribution is -2.58. The summed E-state index contributed by atoms with van der Waals surface area (Å²) in [7, 11) is 0. The van der Waals surface area contributed by atoms with Crippen molar-refractivity contribution < 1.29 is 34.2 Å².